The number of ether oxygens (including phenoxy) is 1. The number of fused-ring (bicyclic) bond motifs is 1. The third kappa shape index (κ3) is 3.29. The van der Waals surface area contributed by atoms with Crippen LogP contribution in [0.5, 0.6) is 5.75 Å². The van der Waals surface area contributed by atoms with Crippen molar-refractivity contribution in [1.29, 1.82) is 0 Å². The van der Waals surface area contributed by atoms with Crippen LogP contribution in [0.3, 0.4) is 0 Å². The van der Waals surface area contributed by atoms with Crippen molar-refractivity contribution in [2.45, 2.75) is 25.3 Å². The number of aromatic nitrogens is 2. The van der Waals surface area contributed by atoms with Gasteiger partial charge >= 0.3 is 0 Å². The number of likely N-dealkylation sites (tertiary alicyclic amines) is 1. The molecular formula is C21H23N3O2. The number of aryl methyl sites for hydroxylation is 1. The van der Waals surface area contributed by atoms with Crippen LogP contribution in [0.2, 0.25) is 0 Å². The van der Waals surface area contributed by atoms with Gasteiger partial charge in [-0.1, -0.05) is 36.4 Å². The number of hydrogen-bond acceptors (Lipinski definition) is 3. The molecule has 134 valence electrons. The lowest BCUT2D eigenvalue weighted by Crippen LogP contribution is -2.31. The van der Waals surface area contributed by atoms with Gasteiger partial charge in [-0.25, -0.2) is 0 Å². The van der Waals surface area contributed by atoms with Gasteiger partial charge < -0.3 is 9.64 Å². The molecule has 1 fully saturated rings. The molecule has 1 aliphatic heterocycles. The third-order valence-electron chi connectivity index (χ3n) is 5.01. The first-order valence-corrected chi connectivity index (χ1v) is 9.11. The maximum atomic E-state index is 12.7. The molecule has 0 saturated carbocycles. The van der Waals surface area contributed by atoms with E-state index >= 15 is 0 Å². The zero-order chi connectivity index (χ0) is 17.9. The molecule has 1 aromatic heterocycles. The summed E-state index contributed by atoms with van der Waals surface area (Å²) in [6, 6.07) is 14.3. The molecule has 2 heterocycles. The Hall–Kier alpha value is -2.82. The fraction of sp³-hybridized carbons (Fsp3) is 0.333. The number of amides is 1. The number of carbonyl (C=O) groups excluding carboxylic acids is 1. The van der Waals surface area contributed by atoms with Crippen LogP contribution < -0.4 is 4.74 Å². The van der Waals surface area contributed by atoms with Crippen molar-refractivity contribution in [1.82, 2.24) is 14.7 Å². The zero-order valence-corrected chi connectivity index (χ0v) is 15.0. The Labute approximate surface area is 153 Å². The van der Waals surface area contributed by atoms with Crippen LogP contribution in [0.4, 0.5) is 0 Å². The average Bonchev–Trinajstić information content (AvgIpc) is 3.30. The molecule has 26 heavy (non-hydrogen) atoms. The first-order chi connectivity index (χ1) is 12.7. The first-order valence-electron chi connectivity index (χ1n) is 9.11. The number of hydrogen-bond donors (Lipinski definition) is 0. The molecule has 0 bridgehead atoms. The van der Waals surface area contributed by atoms with Gasteiger partial charge in [-0.2, -0.15) is 5.10 Å². The van der Waals surface area contributed by atoms with E-state index in [9.17, 15) is 4.79 Å². The molecule has 5 nitrogen and oxygen atoms in total. The second-order valence-corrected chi connectivity index (χ2v) is 6.77. The molecule has 1 amide bonds. The topological polar surface area (TPSA) is 47.4 Å². The largest absolute Gasteiger partial charge is 0.492 e. The molecular weight excluding hydrogens is 326 g/mol. The van der Waals surface area contributed by atoms with E-state index in [1.807, 2.05) is 54.7 Å². The molecule has 2 aromatic carbocycles. The van der Waals surface area contributed by atoms with Crippen LogP contribution in [0, 0.1) is 0 Å². The Morgan fingerprint density at radius 1 is 1.23 bits per heavy atom. The number of carbonyl (C=O) groups is 1. The predicted molar refractivity (Wildman–Crippen MR) is 101 cm³/mol. The Kier molecular flexibility index (Phi) is 4.61. The Morgan fingerprint density at radius 2 is 2.08 bits per heavy atom. The summed E-state index contributed by atoms with van der Waals surface area (Å²) in [6.07, 6.45) is 6.29. The number of rotatable bonds is 5. The van der Waals surface area contributed by atoms with Crippen molar-refractivity contribution >= 4 is 16.7 Å². The summed E-state index contributed by atoms with van der Waals surface area (Å²) in [5.41, 5.74) is 1.12. The highest BCUT2D eigenvalue weighted by Crippen LogP contribution is 2.32. The van der Waals surface area contributed by atoms with E-state index in [0.717, 1.165) is 41.5 Å². The van der Waals surface area contributed by atoms with Gasteiger partial charge in [0, 0.05) is 30.7 Å². The molecule has 1 saturated heterocycles. The van der Waals surface area contributed by atoms with Crippen molar-refractivity contribution in [3.05, 3.63) is 60.4 Å². The van der Waals surface area contributed by atoms with E-state index in [0.29, 0.717) is 13.0 Å². The summed E-state index contributed by atoms with van der Waals surface area (Å²) in [5.74, 6) is 0.984. The van der Waals surface area contributed by atoms with Gasteiger partial charge in [0.15, 0.2) is 0 Å². The van der Waals surface area contributed by atoms with Gasteiger partial charge in [0.05, 0.1) is 25.3 Å². The molecule has 1 unspecified atom stereocenters. The van der Waals surface area contributed by atoms with E-state index in [2.05, 4.69) is 17.2 Å². The molecule has 3 aromatic rings. The molecule has 4 rings (SSSR count). The van der Waals surface area contributed by atoms with E-state index in [1.54, 1.807) is 4.68 Å². The highest BCUT2D eigenvalue weighted by Gasteiger charge is 2.30. The maximum Gasteiger partial charge on any atom is 0.226 e. The van der Waals surface area contributed by atoms with Crippen LogP contribution in [0.25, 0.3) is 10.8 Å². The Balaban J connectivity index is 1.39. The van der Waals surface area contributed by atoms with Crippen LogP contribution in [0.15, 0.2) is 54.9 Å². The Bertz CT molecular complexity index is 913. The van der Waals surface area contributed by atoms with E-state index < -0.39 is 0 Å². The van der Waals surface area contributed by atoms with Gasteiger partial charge in [0.1, 0.15) is 5.75 Å². The lowest BCUT2D eigenvalue weighted by molar-refractivity contribution is -0.132. The summed E-state index contributed by atoms with van der Waals surface area (Å²) in [5, 5.41) is 6.47. The maximum absolute atomic E-state index is 12.7. The highest BCUT2D eigenvalue weighted by atomic mass is 16.5. The Morgan fingerprint density at radius 3 is 2.92 bits per heavy atom. The second-order valence-electron chi connectivity index (χ2n) is 6.77. The molecule has 0 aliphatic carbocycles. The smallest absolute Gasteiger partial charge is 0.226 e. The molecule has 1 aliphatic rings. The lowest BCUT2D eigenvalue weighted by atomic mass is 10.1. The van der Waals surface area contributed by atoms with Crippen LogP contribution >= 0.6 is 0 Å². The first kappa shape index (κ1) is 16.6. The van der Waals surface area contributed by atoms with E-state index in [4.69, 9.17) is 4.74 Å². The number of nitrogens with zero attached hydrogens (tertiary/aromatic N) is 3. The van der Waals surface area contributed by atoms with Crippen molar-refractivity contribution < 1.29 is 9.53 Å². The minimum absolute atomic E-state index is 0.147. The van der Waals surface area contributed by atoms with Crippen molar-refractivity contribution in [3.8, 4) is 5.75 Å². The minimum atomic E-state index is 0.147. The minimum Gasteiger partial charge on any atom is -0.492 e. The third-order valence-corrected chi connectivity index (χ3v) is 5.01. The van der Waals surface area contributed by atoms with Crippen LogP contribution in [-0.4, -0.2) is 33.7 Å². The standard InChI is InChI=1S/C21H23N3O2/c1-23-15-17(14-22-23)19-9-5-12-24(19)21(25)11-13-26-20-10-4-7-16-6-2-3-8-18(16)20/h2-4,6-8,10,14-15,19H,5,9,11-13H2,1H3. The van der Waals surface area contributed by atoms with E-state index in [-0.39, 0.29) is 11.9 Å². The van der Waals surface area contributed by atoms with Crippen LogP contribution in [0.1, 0.15) is 30.9 Å². The van der Waals surface area contributed by atoms with Gasteiger partial charge in [0.25, 0.3) is 0 Å². The quantitative estimate of drug-likeness (QED) is 0.705. The van der Waals surface area contributed by atoms with Gasteiger partial charge in [0.2, 0.25) is 5.91 Å². The molecule has 0 radical (unpaired) electrons. The summed E-state index contributed by atoms with van der Waals surface area (Å²) in [6.45, 7) is 1.20. The summed E-state index contributed by atoms with van der Waals surface area (Å²) >= 11 is 0. The van der Waals surface area contributed by atoms with E-state index in [1.165, 1.54) is 0 Å². The molecule has 0 spiro atoms. The van der Waals surface area contributed by atoms with Gasteiger partial charge in [-0.05, 0) is 24.3 Å². The monoisotopic (exact) mass is 349 g/mol. The highest BCUT2D eigenvalue weighted by molar-refractivity contribution is 5.88. The van der Waals surface area contributed by atoms with Crippen molar-refractivity contribution in [2.24, 2.45) is 7.05 Å². The molecule has 0 N–H and O–H groups in total. The zero-order valence-electron chi connectivity index (χ0n) is 15.0. The average molecular weight is 349 g/mol. The second kappa shape index (κ2) is 7.20. The summed E-state index contributed by atoms with van der Waals surface area (Å²) in [7, 11) is 1.91. The van der Waals surface area contributed by atoms with Gasteiger partial charge in [-0.15, -0.1) is 0 Å². The van der Waals surface area contributed by atoms with Gasteiger partial charge in [-0.3, -0.25) is 9.48 Å². The predicted octanol–water partition coefficient (Wildman–Crippen LogP) is 3.71. The lowest BCUT2D eigenvalue weighted by Gasteiger charge is -2.24. The fourth-order valence-electron chi connectivity index (χ4n) is 3.74. The fourth-order valence-corrected chi connectivity index (χ4v) is 3.74. The molecule has 1 atom stereocenters. The van der Waals surface area contributed by atoms with Crippen molar-refractivity contribution in [3.63, 3.8) is 0 Å². The summed E-state index contributed by atoms with van der Waals surface area (Å²) in [4.78, 5) is 14.7. The summed E-state index contributed by atoms with van der Waals surface area (Å²) < 4.78 is 7.72. The SMILES string of the molecule is Cn1cc(C2CCCN2C(=O)CCOc2cccc3ccccc23)cn1. The normalized spacial score (nSPS) is 17.0. The molecule has 5 heteroatoms. The van der Waals surface area contributed by atoms with Crippen LogP contribution in [-0.2, 0) is 11.8 Å². The van der Waals surface area contributed by atoms with Crippen molar-refractivity contribution in [2.75, 3.05) is 13.2 Å². The number of benzene rings is 2.